The zero-order valence-corrected chi connectivity index (χ0v) is 17.5. The van der Waals surface area contributed by atoms with Crippen LogP contribution in [0.1, 0.15) is 5.01 Å². The molecule has 1 aliphatic heterocycles. The molecule has 2 aromatic carbocycles. The fraction of sp³-hybridized carbons (Fsp3) is 0.333. The first kappa shape index (κ1) is 19.2. The third-order valence-electron chi connectivity index (χ3n) is 5.07. The minimum absolute atomic E-state index is 0.206. The maximum Gasteiger partial charge on any atom is 0.277 e. The van der Waals surface area contributed by atoms with Gasteiger partial charge in [-0.15, -0.1) is 11.3 Å². The Morgan fingerprint density at radius 1 is 1.11 bits per heavy atom. The van der Waals surface area contributed by atoms with Gasteiger partial charge in [-0.3, -0.25) is 4.79 Å². The zero-order chi connectivity index (χ0) is 19.5. The number of fused-ring (bicyclic) bond motifs is 1. The molecule has 28 heavy (non-hydrogen) atoms. The summed E-state index contributed by atoms with van der Waals surface area (Å²) in [4.78, 5) is 22.8. The number of nitrogens with one attached hydrogen (secondary N) is 1. The second kappa shape index (κ2) is 8.47. The normalized spacial score (nSPS) is 15.8. The summed E-state index contributed by atoms with van der Waals surface area (Å²) >= 11 is 8.01. The van der Waals surface area contributed by atoms with Gasteiger partial charge in [0.15, 0.2) is 6.54 Å². The van der Waals surface area contributed by atoms with Gasteiger partial charge in [0.25, 0.3) is 5.91 Å². The van der Waals surface area contributed by atoms with Crippen molar-refractivity contribution in [2.45, 2.75) is 6.54 Å². The third-order valence-corrected chi connectivity index (χ3v) is 6.43. The number of carbonyl (C=O) groups is 1. The summed E-state index contributed by atoms with van der Waals surface area (Å²) in [5.74, 6) is 0.206. The van der Waals surface area contributed by atoms with Crippen molar-refractivity contribution in [2.75, 3.05) is 44.7 Å². The second-order valence-corrected chi connectivity index (χ2v) is 8.73. The number of thiazole rings is 1. The molecule has 146 valence electrons. The van der Waals surface area contributed by atoms with Crippen molar-refractivity contribution in [3.05, 3.63) is 58.6 Å². The Bertz CT molecular complexity index is 935. The molecular weight excluding hydrogens is 392 g/mol. The van der Waals surface area contributed by atoms with Crippen molar-refractivity contribution in [3.63, 3.8) is 0 Å². The van der Waals surface area contributed by atoms with Gasteiger partial charge in [-0.1, -0.05) is 35.9 Å². The molecule has 1 amide bonds. The SMILES string of the molecule is C[NH+](CC(=O)N1CCN(c2ccccc2Cl)CC1)Cc1nc2ccccc2s1. The van der Waals surface area contributed by atoms with Gasteiger partial charge >= 0.3 is 0 Å². The molecule has 0 radical (unpaired) electrons. The first-order valence-electron chi connectivity index (χ1n) is 9.53. The number of amides is 1. The smallest absolute Gasteiger partial charge is 0.277 e. The largest absolute Gasteiger partial charge is 0.367 e. The van der Waals surface area contributed by atoms with Crippen LogP contribution in [-0.4, -0.2) is 55.6 Å². The molecule has 0 bridgehead atoms. The summed E-state index contributed by atoms with van der Waals surface area (Å²) < 4.78 is 1.20. The number of para-hydroxylation sites is 2. The molecule has 1 saturated heterocycles. The Morgan fingerprint density at radius 3 is 2.57 bits per heavy atom. The van der Waals surface area contributed by atoms with E-state index in [0.717, 1.165) is 58.9 Å². The number of carbonyl (C=O) groups excluding carboxylic acids is 1. The fourth-order valence-corrected chi connectivity index (χ4v) is 4.93. The molecule has 0 saturated carbocycles. The average molecular weight is 416 g/mol. The van der Waals surface area contributed by atoms with E-state index in [-0.39, 0.29) is 5.91 Å². The number of piperazine rings is 1. The Balaban J connectivity index is 1.30. The number of aromatic nitrogens is 1. The van der Waals surface area contributed by atoms with E-state index in [1.807, 2.05) is 47.4 Å². The molecule has 1 fully saturated rings. The Kier molecular flexibility index (Phi) is 5.80. The van der Waals surface area contributed by atoms with Crippen molar-refractivity contribution in [1.29, 1.82) is 0 Å². The standard InChI is InChI=1S/C21H23ClN4OS/c1-24(14-20-23-17-7-3-5-9-19(17)28-20)15-21(27)26-12-10-25(11-13-26)18-8-4-2-6-16(18)22/h2-9H,10-15H2,1H3/p+1. The van der Waals surface area contributed by atoms with Gasteiger partial charge in [0.2, 0.25) is 0 Å². The number of nitrogens with zero attached hydrogens (tertiary/aromatic N) is 3. The summed E-state index contributed by atoms with van der Waals surface area (Å²) in [5.41, 5.74) is 2.09. The van der Waals surface area contributed by atoms with Crippen LogP contribution in [-0.2, 0) is 11.3 Å². The molecule has 0 aliphatic carbocycles. The lowest BCUT2D eigenvalue weighted by Gasteiger charge is -2.36. The van der Waals surface area contributed by atoms with Crippen LogP contribution in [0, 0.1) is 0 Å². The molecule has 5 nitrogen and oxygen atoms in total. The first-order valence-corrected chi connectivity index (χ1v) is 10.7. The summed E-state index contributed by atoms with van der Waals surface area (Å²) in [7, 11) is 2.06. The van der Waals surface area contributed by atoms with Crippen molar-refractivity contribution < 1.29 is 9.69 Å². The highest BCUT2D eigenvalue weighted by Gasteiger charge is 2.24. The first-order chi connectivity index (χ1) is 13.6. The van der Waals surface area contributed by atoms with E-state index in [1.54, 1.807) is 11.3 Å². The van der Waals surface area contributed by atoms with E-state index in [2.05, 4.69) is 23.0 Å². The lowest BCUT2D eigenvalue weighted by atomic mass is 10.2. The molecule has 2 heterocycles. The number of rotatable bonds is 5. The summed E-state index contributed by atoms with van der Waals surface area (Å²) in [5, 5.41) is 1.84. The van der Waals surface area contributed by atoms with Gasteiger partial charge in [-0.2, -0.15) is 0 Å². The summed E-state index contributed by atoms with van der Waals surface area (Å²) in [6.45, 7) is 4.35. The van der Waals surface area contributed by atoms with Crippen molar-refractivity contribution in [1.82, 2.24) is 9.88 Å². The monoisotopic (exact) mass is 415 g/mol. The topological polar surface area (TPSA) is 40.9 Å². The molecule has 1 N–H and O–H groups in total. The number of hydrogen-bond acceptors (Lipinski definition) is 4. The van der Waals surface area contributed by atoms with Gasteiger partial charge < -0.3 is 14.7 Å². The minimum Gasteiger partial charge on any atom is -0.367 e. The lowest BCUT2D eigenvalue weighted by Crippen LogP contribution is -3.09. The zero-order valence-electron chi connectivity index (χ0n) is 15.9. The quantitative estimate of drug-likeness (QED) is 0.695. The number of quaternary nitrogens is 1. The van der Waals surface area contributed by atoms with Gasteiger partial charge in [0.1, 0.15) is 11.6 Å². The molecule has 7 heteroatoms. The third kappa shape index (κ3) is 4.29. The molecule has 4 rings (SSSR count). The molecule has 1 aliphatic rings. The van der Waals surface area contributed by atoms with Gasteiger partial charge in [-0.05, 0) is 24.3 Å². The summed E-state index contributed by atoms with van der Waals surface area (Å²) in [6, 6.07) is 16.1. The number of anilines is 1. The molecule has 1 unspecified atom stereocenters. The van der Waals surface area contributed by atoms with Gasteiger partial charge in [0, 0.05) is 26.2 Å². The number of benzene rings is 2. The van der Waals surface area contributed by atoms with E-state index in [4.69, 9.17) is 11.6 Å². The lowest BCUT2D eigenvalue weighted by molar-refractivity contribution is -0.885. The molecule has 1 aromatic heterocycles. The van der Waals surface area contributed by atoms with E-state index in [9.17, 15) is 4.79 Å². The number of hydrogen-bond donors (Lipinski definition) is 1. The van der Waals surface area contributed by atoms with E-state index >= 15 is 0 Å². The van der Waals surface area contributed by atoms with Crippen LogP contribution in [0.25, 0.3) is 10.2 Å². The highest BCUT2D eigenvalue weighted by molar-refractivity contribution is 7.18. The van der Waals surface area contributed by atoms with Crippen molar-refractivity contribution in [2.24, 2.45) is 0 Å². The van der Waals surface area contributed by atoms with Gasteiger partial charge in [0.05, 0.1) is 28.0 Å². The average Bonchev–Trinajstić information content (AvgIpc) is 3.10. The molecule has 3 aromatic rings. The Hall–Kier alpha value is -2.15. The highest BCUT2D eigenvalue weighted by Crippen LogP contribution is 2.26. The Morgan fingerprint density at radius 2 is 1.82 bits per heavy atom. The van der Waals surface area contributed by atoms with Crippen LogP contribution in [0.5, 0.6) is 0 Å². The molecular formula is C21H24ClN4OS+. The fourth-order valence-electron chi connectivity index (χ4n) is 3.59. The highest BCUT2D eigenvalue weighted by atomic mass is 35.5. The predicted molar refractivity (Wildman–Crippen MR) is 115 cm³/mol. The van der Waals surface area contributed by atoms with Crippen molar-refractivity contribution in [3.8, 4) is 0 Å². The summed E-state index contributed by atoms with van der Waals surface area (Å²) in [6.07, 6.45) is 0. The number of likely N-dealkylation sites (N-methyl/N-ethyl adjacent to an activating group) is 1. The van der Waals surface area contributed by atoms with E-state index < -0.39 is 0 Å². The number of halogens is 1. The maximum atomic E-state index is 12.7. The van der Waals surface area contributed by atoms with Crippen LogP contribution in [0.4, 0.5) is 5.69 Å². The Labute approximate surface area is 174 Å². The van der Waals surface area contributed by atoms with Crippen LogP contribution in [0.3, 0.4) is 0 Å². The van der Waals surface area contributed by atoms with Crippen LogP contribution in [0.15, 0.2) is 48.5 Å². The predicted octanol–water partition coefficient (Wildman–Crippen LogP) is 2.31. The van der Waals surface area contributed by atoms with Crippen LogP contribution < -0.4 is 9.80 Å². The van der Waals surface area contributed by atoms with Gasteiger partial charge in [-0.25, -0.2) is 4.98 Å². The minimum atomic E-state index is 0.206. The second-order valence-electron chi connectivity index (χ2n) is 7.21. The molecule has 0 spiro atoms. The van der Waals surface area contributed by atoms with E-state index in [0.29, 0.717) is 6.54 Å². The van der Waals surface area contributed by atoms with Crippen LogP contribution in [0.2, 0.25) is 5.02 Å². The van der Waals surface area contributed by atoms with Crippen molar-refractivity contribution >= 4 is 44.7 Å². The maximum absolute atomic E-state index is 12.7. The molecule has 1 atom stereocenters. The van der Waals surface area contributed by atoms with Crippen LogP contribution >= 0.6 is 22.9 Å². The van der Waals surface area contributed by atoms with E-state index in [1.165, 1.54) is 4.70 Å².